The normalized spacial score (nSPS) is 13.3. The van der Waals surface area contributed by atoms with E-state index in [1.54, 1.807) is 13.2 Å². The Morgan fingerprint density at radius 2 is 1.97 bits per heavy atom. The molecule has 0 aliphatic carbocycles. The number of hydrogen-bond acceptors (Lipinski definition) is 6. The number of fused-ring (bicyclic) bond motifs is 1. The maximum absolute atomic E-state index is 12.8. The monoisotopic (exact) mass is 429 g/mol. The molecule has 1 aliphatic heterocycles. The zero-order valence-electron chi connectivity index (χ0n) is 17.7. The Morgan fingerprint density at radius 1 is 1.06 bits per heavy atom. The lowest BCUT2D eigenvalue weighted by Crippen LogP contribution is -2.12. The zero-order valence-corrected chi connectivity index (χ0v) is 17.7. The van der Waals surface area contributed by atoms with Gasteiger partial charge in [0.2, 0.25) is 0 Å². The largest absolute Gasteiger partial charge is 0.496 e. The number of aromatic nitrogens is 4. The summed E-state index contributed by atoms with van der Waals surface area (Å²) in [5.74, 6) is 2.62. The second-order valence-electron chi connectivity index (χ2n) is 7.71. The molecular weight excluding hydrogens is 406 g/mol. The standard InChI is InChI=1S/C24H23N5O3/c1-31-20-11-5-4-10-18(20)21-15-19(28-32-21)24(30)25-17-9-7-8-16(14-17)23-27-26-22-12-3-2-6-13-29(22)23/h4-5,7-11,14-15H,2-3,6,12-13H2,1H3,(H,25,30). The molecule has 8 nitrogen and oxygen atoms in total. The number of para-hydroxylation sites is 1. The van der Waals surface area contributed by atoms with Crippen molar-refractivity contribution in [3.63, 3.8) is 0 Å². The molecule has 5 rings (SSSR count). The van der Waals surface area contributed by atoms with Gasteiger partial charge in [0, 0.05) is 30.3 Å². The Hall–Kier alpha value is -3.94. The molecule has 2 aromatic carbocycles. The summed E-state index contributed by atoms with van der Waals surface area (Å²) in [5.41, 5.74) is 2.49. The van der Waals surface area contributed by atoms with Gasteiger partial charge < -0.3 is 19.1 Å². The van der Waals surface area contributed by atoms with E-state index in [1.165, 1.54) is 6.42 Å². The summed E-state index contributed by atoms with van der Waals surface area (Å²) < 4.78 is 12.9. The Kier molecular flexibility index (Phi) is 5.41. The van der Waals surface area contributed by atoms with Crippen molar-refractivity contribution in [3.8, 4) is 28.5 Å². The number of nitrogens with one attached hydrogen (secondary N) is 1. The van der Waals surface area contributed by atoms with Gasteiger partial charge in [0.1, 0.15) is 11.6 Å². The summed E-state index contributed by atoms with van der Waals surface area (Å²) in [6.07, 6.45) is 4.41. The summed E-state index contributed by atoms with van der Waals surface area (Å²) in [7, 11) is 1.59. The molecule has 3 heterocycles. The number of amides is 1. The first kappa shape index (κ1) is 20.0. The lowest BCUT2D eigenvalue weighted by atomic mass is 10.1. The number of carbonyl (C=O) groups is 1. The summed E-state index contributed by atoms with van der Waals surface area (Å²) in [4.78, 5) is 12.8. The predicted octanol–water partition coefficient (Wildman–Crippen LogP) is 4.59. The van der Waals surface area contributed by atoms with Gasteiger partial charge in [0.25, 0.3) is 5.91 Å². The maximum Gasteiger partial charge on any atom is 0.277 e. The molecule has 0 saturated heterocycles. The number of rotatable bonds is 5. The van der Waals surface area contributed by atoms with Crippen molar-refractivity contribution in [2.24, 2.45) is 0 Å². The highest BCUT2D eigenvalue weighted by Gasteiger charge is 2.18. The van der Waals surface area contributed by atoms with Crippen LogP contribution < -0.4 is 10.1 Å². The molecular formula is C24H23N5O3. The van der Waals surface area contributed by atoms with Gasteiger partial charge >= 0.3 is 0 Å². The summed E-state index contributed by atoms with van der Waals surface area (Å²) in [5, 5.41) is 15.6. The van der Waals surface area contributed by atoms with Gasteiger partial charge in [-0.2, -0.15) is 0 Å². The van der Waals surface area contributed by atoms with Crippen LogP contribution in [-0.4, -0.2) is 32.9 Å². The van der Waals surface area contributed by atoms with Gasteiger partial charge in [-0.15, -0.1) is 10.2 Å². The average molecular weight is 429 g/mol. The minimum absolute atomic E-state index is 0.188. The second-order valence-corrected chi connectivity index (χ2v) is 7.71. The highest BCUT2D eigenvalue weighted by atomic mass is 16.5. The molecule has 0 radical (unpaired) electrons. The van der Waals surface area contributed by atoms with Crippen molar-refractivity contribution < 1.29 is 14.1 Å². The maximum atomic E-state index is 12.8. The molecule has 1 amide bonds. The van der Waals surface area contributed by atoms with Gasteiger partial charge in [0.05, 0.1) is 12.7 Å². The Bertz CT molecular complexity index is 1260. The van der Waals surface area contributed by atoms with Crippen LogP contribution in [-0.2, 0) is 13.0 Å². The van der Waals surface area contributed by atoms with Crippen LogP contribution >= 0.6 is 0 Å². The van der Waals surface area contributed by atoms with E-state index >= 15 is 0 Å². The second kappa shape index (κ2) is 8.66. The van der Waals surface area contributed by atoms with Crippen molar-refractivity contribution >= 4 is 11.6 Å². The number of aryl methyl sites for hydroxylation is 1. The minimum atomic E-state index is -0.355. The van der Waals surface area contributed by atoms with E-state index in [0.29, 0.717) is 17.2 Å². The molecule has 0 spiro atoms. The van der Waals surface area contributed by atoms with Crippen LogP contribution in [0.4, 0.5) is 5.69 Å². The third-order valence-electron chi connectivity index (χ3n) is 5.60. The predicted molar refractivity (Wildman–Crippen MR) is 119 cm³/mol. The number of ether oxygens (including phenoxy) is 1. The van der Waals surface area contributed by atoms with Crippen LogP contribution in [0.15, 0.2) is 59.1 Å². The van der Waals surface area contributed by atoms with Crippen LogP contribution in [0.2, 0.25) is 0 Å². The van der Waals surface area contributed by atoms with E-state index in [4.69, 9.17) is 9.26 Å². The van der Waals surface area contributed by atoms with Crippen LogP contribution in [0, 0.1) is 0 Å². The average Bonchev–Trinajstić information content (AvgIpc) is 3.41. The number of benzene rings is 2. The highest BCUT2D eigenvalue weighted by molar-refractivity contribution is 6.03. The van der Waals surface area contributed by atoms with E-state index in [2.05, 4.69) is 25.2 Å². The fourth-order valence-electron chi connectivity index (χ4n) is 3.99. The first-order valence-corrected chi connectivity index (χ1v) is 10.7. The fraction of sp³-hybridized carbons (Fsp3) is 0.250. The number of nitrogens with zero attached hydrogens (tertiary/aromatic N) is 4. The lowest BCUT2D eigenvalue weighted by molar-refractivity contribution is 0.101. The van der Waals surface area contributed by atoms with Crippen molar-refractivity contribution in [2.75, 3.05) is 12.4 Å². The molecule has 0 unspecified atom stereocenters. The quantitative estimate of drug-likeness (QED) is 0.499. The Labute approximate surface area is 185 Å². The SMILES string of the molecule is COc1ccccc1-c1cc(C(=O)Nc2cccc(-c3nnc4n3CCCCC4)c2)no1. The van der Waals surface area contributed by atoms with Crippen LogP contribution in [0.5, 0.6) is 5.75 Å². The molecule has 0 saturated carbocycles. The van der Waals surface area contributed by atoms with Gasteiger partial charge in [-0.1, -0.05) is 35.8 Å². The number of methoxy groups -OCH3 is 1. The van der Waals surface area contributed by atoms with Gasteiger partial charge in [-0.05, 0) is 37.1 Å². The first-order chi connectivity index (χ1) is 15.7. The van der Waals surface area contributed by atoms with Crippen LogP contribution in [0.1, 0.15) is 35.6 Å². The molecule has 8 heteroatoms. The molecule has 0 bridgehead atoms. The first-order valence-electron chi connectivity index (χ1n) is 10.7. The highest BCUT2D eigenvalue weighted by Crippen LogP contribution is 2.30. The van der Waals surface area contributed by atoms with E-state index in [1.807, 2.05) is 48.5 Å². The summed E-state index contributed by atoms with van der Waals surface area (Å²) >= 11 is 0. The third-order valence-corrected chi connectivity index (χ3v) is 5.60. The van der Waals surface area contributed by atoms with Gasteiger partial charge in [-0.3, -0.25) is 4.79 Å². The minimum Gasteiger partial charge on any atom is -0.496 e. The smallest absolute Gasteiger partial charge is 0.277 e. The number of carbonyl (C=O) groups excluding carboxylic acids is 1. The summed E-state index contributed by atoms with van der Waals surface area (Å²) in [6, 6.07) is 16.6. The van der Waals surface area contributed by atoms with Crippen molar-refractivity contribution in [1.82, 2.24) is 19.9 Å². The zero-order chi connectivity index (χ0) is 21.9. The van der Waals surface area contributed by atoms with Gasteiger partial charge in [0.15, 0.2) is 17.3 Å². The fourth-order valence-corrected chi connectivity index (χ4v) is 3.99. The topological polar surface area (TPSA) is 95.1 Å². The van der Waals surface area contributed by atoms with E-state index in [0.717, 1.165) is 48.6 Å². The van der Waals surface area contributed by atoms with E-state index < -0.39 is 0 Å². The third kappa shape index (κ3) is 3.87. The Balaban J connectivity index is 1.36. The molecule has 162 valence electrons. The lowest BCUT2D eigenvalue weighted by Gasteiger charge is -2.09. The molecule has 1 N–H and O–H groups in total. The Morgan fingerprint density at radius 3 is 2.88 bits per heavy atom. The summed E-state index contributed by atoms with van der Waals surface area (Å²) in [6.45, 7) is 0.916. The molecule has 32 heavy (non-hydrogen) atoms. The van der Waals surface area contributed by atoms with Gasteiger partial charge in [-0.25, -0.2) is 0 Å². The number of hydrogen-bond donors (Lipinski definition) is 1. The number of anilines is 1. The van der Waals surface area contributed by atoms with E-state index in [-0.39, 0.29) is 11.6 Å². The molecule has 4 aromatic rings. The van der Waals surface area contributed by atoms with E-state index in [9.17, 15) is 4.79 Å². The van der Waals surface area contributed by atoms with Crippen molar-refractivity contribution in [2.45, 2.75) is 32.2 Å². The van der Waals surface area contributed by atoms with Crippen LogP contribution in [0.3, 0.4) is 0 Å². The van der Waals surface area contributed by atoms with Crippen molar-refractivity contribution in [1.29, 1.82) is 0 Å². The molecule has 0 atom stereocenters. The molecule has 2 aromatic heterocycles. The molecule has 0 fully saturated rings. The molecule has 1 aliphatic rings. The van der Waals surface area contributed by atoms with Crippen LogP contribution in [0.25, 0.3) is 22.7 Å². The van der Waals surface area contributed by atoms with Crippen molar-refractivity contribution in [3.05, 3.63) is 66.1 Å².